The number of hydrogen-bond acceptors (Lipinski definition) is 4. The van der Waals surface area contributed by atoms with Gasteiger partial charge in [-0.25, -0.2) is 8.42 Å². The largest absolute Gasteiger partial charge is 0.495 e. The van der Waals surface area contributed by atoms with Crippen LogP contribution in [0.1, 0.15) is 25.5 Å². The quantitative estimate of drug-likeness (QED) is 0.871. The van der Waals surface area contributed by atoms with E-state index in [2.05, 4.69) is 16.0 Å². The van der Waals surface area contributed by atoms with Crippen LogP contribution < -0.4 is 4.74 Å². The molecule has 1 fully saturated rings. The Labute approximate surface area is 143 Å². The first-order valence-electron chi connectivity index (χ1n) is 8.35. The van der Waals surface area contributed by atoms with Crippen LogP contribution in [-0.2, 0) is 16.4 Å². The van der Waals surface area contributed by atoms with E-state index in [1.165, 1.54) is 25.6 Å². The van der Waals surface area contributed by atoms with Crippen molar-refractivity contribution in [2.45, 2.75) is 31.2 Å². The summed E-state index contributed by atoms with van der Waals surface area (Å²) >= 11 is 0. The van der Waals surface area contributed by atoms with Crippen molar-refractivity contribution < 1.29 is 13.2 Å². The maximum atomic E-state index is 12.1. The lowest BCUT2D eigenvalue weighted by Gasteiger charge is -2.13. The van der Waals surface area contributed by atoms with E-state index < -0.39 is 9.84 Å². The van der Waals surface area contributed by atoms with Crippen molar-refractivity contribution >= 4 is 9.84 Å². The molecule has 1 aliphatic heterocycles. The van der Waals surface area contributed by atoms with Crippen molar-refractivity contribution in [3.8, 4) is 17.0 Å². The Hall–Kier alpha value is -1.79. The second-order valence-electron chi connectivity index (χ2n) is 6.15. The molecule has 1 aromatic heterocycles. The molecule has 24 heavy (non-hydrogen) atoms. The van der Waals surface area contributed by atoms with Gasteiger partial charge in [-0.15, -0.1) is 0 Å². The van der Waals surface area contributed by atoms with Crippen molar-refractivity contribution in [3.63, 3.8) is 0 Å². The molecule has 1 aromatic carbocycles. The van der Waals surface area contributed by atoms with Crippen molar-refractivity contribution in [2.75, 3.05) is 26.0 Å². The maximum Gasteiger partial charge on any atom is 0.181 e. The molecule has 130 valence electrons. The van der Waals surface area contributed by atoms with Gasteiger partial charge in [0.15, 0.2) is 9.84 Å². The van der Waals surface area contributed by atoms with E-state index in [0.29, 0.717) is 5.75 Å². The third kappa shape index (κ3) is 3.49. The molecule has 3 rings (SSSR count). The molecule has 1 N–H and O–H groups in total. The summed E-state index contributed by atoms with van der Waals surface area (Å²) in [5.41, 5.74) is 3.08. The monoisotopic (exact) mass is 348 g/mol. The van der Waals surface area contributed by atoms with E-state index in [-0.39, 0.29) is 10.6 Å². The molecule has 1 saturated heterocycles. The van der Waals surface area contributed by atoms with Gasteiger partial charge in [-0.05, 0) is 50.2 Å². The molecule has 0 spiro atoms. The number of nitrogens with one attached hydrogen (secondary N) is 1. The average Bonchev–Trinajstić information content (AvgIpc) is 3.26. The van der Waals surface area contributed by atoms with E-state index in [9.17, 15) is 8.42 Å². The Morgan fingerprint density at radius 2 is 1.92 bits per heavy atom. The summed E-state index contributed by atoms with van der Waals surface area (Å²) < 4.78 is 29.6. The van der Waals surface area contributed by atoms with Crippen LogP contribution in [0.4, 0.5) is 0 Å². The van der Waals surface area contributed by atoms with Crippen LogP contribution in [0.5, 0.6) is 5.75 Å². The molecule has 0 unspecified atom stereocenters. The topological polar surface area (TPSA) is 62.4 Å². The number of aromatic amines is 1. The number of nitrogens with zero attached hydrogens (tertiary/aromatic N) is 1. The lowest BCUT2D eigenvalue weighted by atomic mass is 10.1. The Bertz CT molecular complexity index is 805. The molecule has 0 radical (unpaired) electrons. The lowest BCUT2D eigenvalue weighted by Crippen LogP contribution is -2.18. The summed E-state index contributed by atoms with van der Waals surface area (Å²) in [6, 6.07) is 9.38. The molecule has 2 heterocycles. The molecule has 0 saturated carbocycles. The second kappa shape index (κ2) is 6.99. The molecule has 0 amide bonds. The zero-order valence-corrected chi connectivity index (χ0v) is 15.0. The van der Waals surface area contributed by atoms with Gasteiger partial charge in [0.2, 0.25) is 0 Å². The van der Waals surface area contributed by atoms with Gasteiger partial charge in [-0.2, -0.15) is 0 Å². The first-order valence-corrected chi connectivity index (χ1v) is 10.00. The van der Waals surface area contributed by atoms with Gasteiger partial charge in [0.1, 0.15) is 10.6 Å². The van der Waals surface area contributed by atoms with E-state index in [0.717, 1.165) is 30.9 Å². The Morgan fingerprint density at radius 3 is 2.58 bits per heavy atom. The molecule has 1 aliphatic rings. The fraction of sp³-hybridized carbons (Fsp3) is 0.444. The van der Waals surface area contributed by atoms with Crippen molar-refractivity contribution in [3.05, 3.63) is 36.0 Å². The van der Waals surface area contributed by atoms with Crippen LogP contribution in [0.25, 0.3) is 11.3 Å². The van der Waals surface area contributed by atoms with Crippen LogP contribution in [0.15, 0.2) is 35.2 Å². The van der Waals surface area contributed by atoms with Crippen molar-refractivity contribution in [2.24, 2.45) is 0 Å². The fourth-order valence-corrected chi connectivity index (χ4v) is 4.17. The van der Waals surface area contributed by atoms with Crippen LogP contribution in [0.3, 0.4) is 0 Å². The van der Waals surface area contributed by atoms with Gasteiger partial charge >= 0.3 is 0 Å². The minimum atomic E-state index is -3.29. The van der Waals surface area contributed by atoms with Gasteiger partial charge in [0.25, 0.3) is 0 Å². The molecular formula is C18H24N2O3S. The molecule has 6 heteroatoms. The van der Waals surface area contributed by atoms with E-state index >= 15 is 0 Å². The molecule has 5 nitrogen and oxygen atoms in total. The Morgan fingerprint density at radius 1 is 1.17 bits per heavy atom. The molecular weight excluding hydrogens is 324 g/mol. The summed E-state index contributed by atoms with van der Waals surface area (Å²) in [5, 5.41) is 0. The Balaban J connectivity index is 1.86. The zero-order valence-electron chi connectivity index (χ0n) is 14.2. The fourth-order valence-electron chi connectivity index (χ4n) is 3.13. The highest BCUT2D eigenvalue weighted by Gasteiger charge is 2.19. The number of benzene rings is 1. The van der Waals surface area contributed by atoms with Crippen LogP contribution in [0, 0.1) is 0 Å². The normalized spacial score (nSPS) is 15.8. The number of sulfone groups is 1. The van der Waals surface area contributed by atoms with Crippen LogP contribution in [0.2, 0.25) is 0 Å². The molecule has 0 aliphatic carbocycles. The minimum absolute atomic E-state index is 0.0607. The lowest BCUT2D eigenvalue weighted by molar-refractivity contribution is 0.328. The number of H-pyrrole nitrogens is 1. The third-order valence-electron chi connectivity index (χ3n) is 4.53. The van der Waals surface area contributed by atoms with Gasteiger partial charge in [-0.3, -0.25) is 4.90 Å². The highest BCUT2D eigenvalue weighted by atomic mass is 32.2. The van der Waals surface area contributed by atoms with Crippen molar-refractivity contribution in [1.82, 2.24) is 9.88 Å². The highest BCUT2D eigenvalue weighted by molar-refractivity contribution is 7.91. The zero-order chi connectivity index (χ0) is 17.2. The van der Waals surface area contributed by atoms with Crippen molar-refractivity contribution in [1.29, 1.82) is 0 Å². The van der Waals surface area contributed by atoms with Crippen LogP contribution in [-0.4, -0.2) is 44.3 Å². The SMILES string of the molecule is CCS(=O)(=O)c1ccc(-c2ccc(CN3CCCC3)[nH]2)cc1OC. The molecule has 2 aromatic rings. The number of aromatic nitrogens is 1. The average molecular weight is 348 g/mol. The number of methoxy groups -OCH3 is 1. The second-order valence-corrected chi connectivity index (χ2v) is 8.40. The summed E-state index contributed by atoms with van der Waals surface area (Å²) in [4.78, 5) is 6.12. The Kier molecular flexibility index (Phi) is 4.96. The van der Waals surface area contributed by atoms with Crippen LogP contribution >= 0.6 is 0 Å². The standard InChI is InChI=1S/C18H24N2O3S/c1-3-24(21,22)18-9-6-14(12-17(18)23-2)16-8-7-15(19-16)13-20-10-4-5-11-20/h6-9,12,19H,3-5,10-11,13H2,1-2H3. The summed E-state index contributed by atoms with van der Waals surface area (Å²) in [6.45, 7) is 4.88. The number of hydrogen-bond donors (Lipinski definition) is 1. The van der Waals surface area contributed by atoms with E-state index in [1.807, 2.05) is 12.1 Å². The minimum Gasteiger partial charge on any atom is -0.495 e. The summed E-state index contributed by atoms with van der Waals surface area (Å²) in [6.07, 6.45) is 2.55. The smallest absolute Gasteiger partial charge is 0.181 e. The first-order chi connectivity index (χ1) is 11.5. The number of rotatable bonds is 6. The summed E-state index contributed by atoms with van der Waals surface area (Å²) in [7, 11) is -1.79. The predicted molar refractivity (Wildman–Crippen MR) is 95.0 cm³/mol. The number of likely N-dealkylation sites (tertiary alicyclic amines) is 1. The van der Waals surface area contributed by atoms with Gasteiger partial charge < -0.3 is 9.72 Å². The van der Waals surface area contributed by atoms with E-state index in [1.54, 1.807) is 19.1 Å². The molecule has 0 bridgehead atoms. The maximum absolute atomic E-state index is 12.1. The predicted octanol–water partition coefficient (Wildman–Crippen LogP) is 3.08. The molecule has 0 atom stereocenters. The summed E-state index contributed by atoms with van der Waals surface area (Å²) in [5.74, 6) is 0.454. The number of ether oxygens (including phenoxy) is 1. The van der Waals surface area contributed by atoms with Gasteiger partial charge in [0.05, 0.1) is 12.9 Å². The third-order valence-corrected chi connectivity index (χ3v) is 6.30. The van der Waals surface area contributed by atoms with Gasteiger partial charge in [0, 0.05) is 23.5 Å². The first kappa shape index (κ1) is 17.0. The van der Waals surface area contributed by atoms with Gasteiger partial charge in [-0.1, -0.05) is 13.0 Å². The van der Waals surface area contributed by atoms with E-state index in [4.69, 9.17) is 4.74 Å². The highest BCUT2D eigenvalue weighted by Crippen LogP contribution is 2.30.